The second kappa shape index (κ2) is 6.49. The van der Waals surface area contributed by atoms with Gasteiger partial charge in [0.25, 0.3) is 5.91 Å². The number of fused-ring (bicyclic) bond motifs is 1. The highest BCUT2D eigenvalue weighted by molar-refractivity contribution is 7.12. The summed E-state index contributed by atoms with van der Waals surface area (Å²) >= 11 is 1.83. The molecule has 1 amide bonds. The Morgan fingerprint density at radius 3 is 2.40 bits per heavy atom. The van der Waals surface area contributed by atoms with Crippen molar-refractivity contribution in [2.75, 3.05) is 4.90 Å². The molecular formula is C22H21NOS. The number of hydrogen-bond acceptors (Lipinski definition) is 2. The Balaban J connectivity index is 1.83. The Morgan fingerprint density at radius 2 is 1.68 bits per heavy atom. The monoisotopic (exact) mass is 347 g/mol. The van der Waals surface area contributed by atoms with E-state index in [9.17, 15) is 4.79 Å². The molecule has 0 saturated heterocycles. The standard InChI is InChI=1S/C22H21NOS/c1-15(2)20-12-13-21(25-20)19-14-16-8-6-7-11-18(16)22(24)23(19)17-9-4-3-5-10-17/h3-13,15,19H,14H2,1-2H3. The number of hydrogen-bond donors (Lipinski definition) is 0. The van der Waals surface area contributed by atoms with Crippen molar-refractivity contribution in [2.45, 2.75) is 32.2 Å². The third kappa shape index (κ3) is 2.89. The summed E-state index contributed by atoms with van der Waals surface area (Å²) in [7, 11) is 0. The van der Waals surface area contributed by atoms with Gasteiger partial charge in [0.2, 0.25) is 0 Å². The fourth-order valence-electron chi connectivity index (χ4n) is 3.45. The Kier molecular flexibility index (Phi) is 4.18. The van der Waals surface area contributed by atoms with Crippen LogP contribution in [0.3, 0.4) is 0 Å². The van der Waals surface area contributed by atoms with E-state index in [4.69, 9.17) is 0 Å². The number of benzene rings is 2. The van der Waals surface area contributed by atoms with E-state index in [1.807, 2.05) is 64.8 Å². The van der Waals surface area contributed by atoms with Crippen molar-refractivity contribution in [1.29, 1.82) is 0 Å². The molecule has 1 aromatic heterocycles. The van der Waals surface area contributed by atoms with Gasteiger partial charge in [-0.05, 0) is 48.2 Å². The third-order valence-corrected chi connectivity index (χ3v) is 6.26. The number of carbonyl (C=O) groups excluding carboxylic acids is 1. The largest absolute Gasteiger partial charge is 0.300 e. The minimum absolute atomic E-state index is 0.0577. The molecule has 1 atom stereocenters. The quantitative estimate of drug-likeness (QED) is 0.585. The van der Waals surface area contributed by atoms with E-state index in [2.05, 4.69) is 32.0 Å². The zero-order chi connectivity index (χ0) is 17.4. The smallest absolute Gasteiger partial charge is 0.259 e. The Bertz CT molecular complexity index is 897. The van der Waals surface area contributed by atoms with E-state index in [1.54, 1.807) is 0 Å². The predicted molar refractivity (Wildman–Crippen MR) is 105 cm³/mol. The minimum Gasteiger partial charge on any atom is -0.300 e. The molecule has 2 nitrogen and oxygen atoms in total. The fraction of sp³-hybridized carbons (Fsp3) is 0.227. The Morgan fingerprint density at radius 1 is 0.960 bits per heavy atom. The summed E-state index contributed by atoms with van der Waals surface area (Å²) in [5, 5.41) is 0. The van der Waals surface area contributed by atoms with E-state index in [0.29, 0.717) is 5.92 Å². The Labute approximate surface area is 152 Å². The van der Waals surface area contributed by atoms with Gasteiger partial charge in [-0.25, -0.2) is 0 Å². The van der Waals surface area contributed by atoms with Crippen LogP contribution in [0.1, 0.15) is 51.5 Å². The van der Waals surface area contributed by atoms with Gasteiger partial charge in [0.1, 0.15) is 0 Å². The van der Waals surface area contributed by atoms with E-state index in [0.717, 1.165) is 23.2 Å². The van der Waals surface area contributed by atoms with Crippen LogP contribution in [0.5, 0.6) is 0 Å². The van der Waals surface area contributed by atoms with Crippen molar-refractivity contribution in [3.05, 3.63) is 87.6 Å². The third-order valence-electron chi connectivity index (χ3n) is 4.77. The van der Waals surface area contributed by atoms with Crippen molar-refractivity contribution >= 4 is 22.9 Å². The van der Waals surface area contributed by atoms with Crippen LogP contribution in [0.2, 0.25) is 0 Å². The molecule has 2 aromatic carbocycles. The fourth-order valence-corrected chi connectivity index (χ4v) is 4.55. The molecule has 1 aliphatic heterocycles. The van der Waals surface area contributed by atoms with Crippen LogP contribution in [0, 0.1) is 0 Å². The molecule has 1 unspecified atom stereocenters. The van der Waals surface area contributed by atoms with Crippen molar-refractivity contribution in [1.82, 2.24) is 0 Å². The van der Waals surface area contributed by atoms with E-state index < -0.39 is 0 Å². The van der Waals surface area contributed by atoms with Gasteiger partial charge in [0, 0.05) is 21.0 Å². The summed E-state index contributed by atoms with van der Waals surface area (Å²) in [5.74, 6) is 0.605. The van der Waals surface area contributed by atoms with Crippen LogP contribution in [0.25, 0.3) is 0 Å². The number of anilines is 1. The zero-order valence-corrected chi connectivity index (χ0v) is 15.3. The first-order chi connectivity index (χ1) is 12.1. The number of para-hydroxylation sites is 1. The van der Waals surface area contributed by atoms with Gasteiger partial charge in [-0.2, -0.15) is 0 Å². The predicted octanol–water partition coefficient (Wildman–Crippen LogP) is 5.82. The second-order valence-electron chi connectivity index (χ2n) is 6.78. The molecule has 0 spiro atoms. The minimum atomic E-state index is 0.0577. The summed E-state index contributed by atoms with van der Waals surface area (Å²) < 4.78 is 0. The van der Waals surface area contributed by atoms with Crippen molar-refractivity contribution in [3.63, 3.8) is 0 Å². The lowest BCUT2D eigenvalue weighted by molar-refractivity contribution is 0.0967. The first kappa shape index (κ1) is 16.1. The normalized spacial score (nSPS) is 17.0. The van der Waals surface area contributed by atoms with Crippen LogP contribution in [-0.4, -0.2) is 5.91 Å². The molecule has 0 aliphatic carbocycles. The molecule has 126 valence electrons. The molecule has 3 aromatic rings. The number of nitrogens with zero attached hydrogens (tertiary/aromatic N) is 1. The van der Waals surface area contributed by atoms with Gasteiger partial charge in [-0.3, -0.25) is 9.69 Å². The summed E-state index contributed by atoms with van der Waals surface area (Å²) in [6.45, 7) is 4.43. The number of carbonyl (C=O) groups is 1. The molecule has 25 heavy (non-hydrogen) atoms. The van der Waals surface area contributed by atoms with Gasteiger partial charge < -0.3 is 0 Å². The van der Waals surface area contributed by atoms with Crippen molar-refractivity contribution in [2.24, 2.45) is 0 Å². The molecule has 3 heteroatoms. The van der Waals surface area contributed by atoms with Crippen molar-refractivity contribution < 1.29 is 4.79 Å². The summed E-state index contributed by atoms with van der Waals surface area (Å²) in [6, 6.07) is 22.5. The van der Waals surface area contributed by atoms with Gasteiger partial charge in [0.15, 0.2) is 0 Å². The van der Waals surface area contributed by atoms with Crippen LogP contribution < -0.4 is 4.90 Å². The maximum absolute atomic E-state index is 13.3. The number of thiophene rings is 1. The van der Waals surface area contributed by atoms with Gasteiger partial charge in [-0.15, -0.1) is 11.3 Å². The molecular weight excluding hydrogens is 326 g/mol. The molecule has 2 heterocycles. The van der Waals surface area contributed by atoms with E-state index in [1.165, 1.54) is 9.75 Å². The van der Waals surface area contributed by atoms with Gasteiger partial charge in [-0.1, -0.05) is 50.2 Å². The highest BCUT2D eigenvalue weighted by Gasteiger charge is 2.34. The molecule has 0 bridgehead atoms. The summed E-state index contributed by atoms with van der Waals surface area (Å²) in [4.78, 5) is 17.9. The van der Waals surface area contributed by atoms with Crippen LogP contribution in [0.4, 0.5) is 5.69 Å². The molecule has 0 radical (unpaired) electrons. The average molecular weight is 347 g/mol. The van der Waals surface area contributed by atoms with Gasteiger partial charge in [0.05, 0.1) is 6.04 Å². The average Bonchev–Trinajstić information content (AvgIpc) is 3.13. The lowest BCUT2D eigenvalue weighted by atomic mass is 9.92. The lowest BCUT2D eigenvalue weighted by Crippen LogP contribution is -2.40. The van der Waals surface area contributed by atoms with Crippen LogP contribution in [-0.2, 0) is 6.42 Å². The molecule has 4 rings (SSSR count). The van der Waals surface area contributed by atoms with Crippen LogP contribution in [0.15, 0.2) is 66.7 Å². The molecule has 0 N–H and O–H groups in total. The lowest BCUT2D eigenvalue weighted by Gasteiger charge is -2.36. The van der Waals surface area contributed by atoms with Crippen LogP contribution >= 0.6 is 11.3 Å². The zero-order valence-electron chi connectivity index (χ0n) is 14.5. The van der Waals surface area contributed by atoms with Gasteiger partial charge >= 0.3 is 0 Å². The highest BCUT2D eigenvalue weighted by atomic mass is 32.1. The number of rotatable bonds is 3. The Hall–Kier alpha value is -2.39. The van der Waals surface area contributed by atoms with E-state index in [-0.39, 0.29) is 11.9 Å². The second-order valence-corrected chi connectivity index (χ2v) is 7.93. The highest BCUT2D eigenvalue weighted by Crippen LogP contribution is 2.40. The summed E-state index contributed by atoms with van der Waals surface area (Å²) in [6.07, 6.45) is 0.856. The first-order valence-electron chi connectivity index (χ1n) is 8.71. The molecule has 1 aliphatic rings. The van der Waals surface area contributed by atoms with E-state index >= 15 is 0 Å². The topological polar surface area (TPSA) is 20.3 Å². The maximum Gasteiger partial charge on any atom is 0.259 e. The molecule has 0 fully saturated rings. The van der Waals surface area contributed by atoms with Crippen molar-refractivity contribution in [3.8, 4) is 0 Å². The SMILES string of the molecule is CC(C)c1ccc(C2Cc3ccccc3C(=O)N2c2ccccc2)s1. The number of amides is 1. The molecule has 0 saturated carbocycles. The maximum atomic E-state index is 13.3. The first-order valence-corrected chi connectivity index (χ1v) is 9.53. The summed E-state index contributed by atoms with van der Waals surface area (Å²) in [5.41, 5.74) is 2.93.